The molecule has 0 radical (unpaired) electrons. The normalized spacial score (nSPS) is 15.2. The average Bonchev–Trinajstić information content (AvgIpc) is 2.14. The van der Waals surface area contributed by atoms with Gasteiger partial charge in [-0.25, -0.2) is 0 Å². The Kier molecular flexibility index (Phi) is 6.39. The Bertz CT molecular complexity index is 161. The summed E-state index contributed by atoms with van der Waals surface area (Å²) in [7, 11) is 1.88. The number of amides is 1. The number of alkyl halides is 1. The summed E-state index contributed by atoms with van der Waals surface area (Å²) in [6.07, 6.45) is 3.05. The fourth-order valence-electron chi connectivity index (χ4n) is 1.22. The Morgan fingerprint density at radius 3 is 2.38 bits per heavy atom. The molecule has 0 aliphatic carbocycles. The number of hydrogen-bond acceptors (Lipinski definition) is 1. The second-order valence-corrected chi connectivity index (χ2v) is 4.57. The fourth-order valence-corrected chi connectivity index (χ4v) is 1.55. The first kappa shape index (κ1) is 12.9. The zero-order chi connectivity index (χ0) is 10.4. The van der Waals surface area contributed by atoms with Crippen LogP contribution in [0.25, 0.3) is 0 Å². The van der Waals surface area contributed by atoms with Gasteiger partial charge in [0.2, 0.25) is 5.91 Å². The van der Waals surface area contributed by atoms with Crippen molar-refractivity contribution in [2.45, 2.75) is 50.9 Å². The predicted molar refractivity (Wildman–Crippen MR) is 60.1 cm³/mol. The van der Waals surface area contributed by atoms with E-state index >= 15 is 0 Å². The third-order valence-electron chi connectivity index (χ3n) is 2.34. The van der Waals surface area contributed by atoms with Crippen LogP contribution in [-0.2, 0) is 4.79 Å². The summed E-state index contributed by atoms with van der Waals surface area (Å²) >= 11 is 3.37. The predicted octanol–water partition coefficient (Wildman–Crippen LogP) is 2.81. The van der Waals surface area contributed by atoms with Crippen molar-refractivity contribution < 1.29 is 4.79 Å². The molecule has 0 aromatic carbocycles. The van der Waals surface area contributed by atoms with Crippen molar-refractivity contribution in [3.63, 3.8) is 0 Å². The van der Waals surface area contributed by atoms with Gasteiger partial charge < -0.3 is 4.90 Å². The van der Waals surface area contributed by atoms with Gasteiger partial charge in [-0.05, 0) is 19.8 Å². The van der Waals surface area contributed by atoms with Gasteiger partial charge in [-0.1, -0.05) is 36.2 Å². The molecule has 0 aliphatic rings. The maximum atomic E-state index is 11.7. The fraction of sp³-hybridized carbons (Fsp3) is 0.900. The number of carbonyl (C=O) groups excluding carboxylic acids is 1. The molecule has 0 saturated heterocycles. The van der Waals surface area contributed by atoms with Crippen LogP contribution in [0.4, 0.5) is 0 Å². The van der Waals surface area contributed by atoms with Gasteiger partial charge >= 0.3 is 0 Å². The third kappa shape index (κ3) is 4.12. The lowest BCUT2D eigenvalue weighted by atomic mass is 10.1. The van der Waals surface area contributed by atoms with Gasteiger partial charge in [-0.15, -0.1) is 0 Å². The van der Waals surface area contributed by atoms with Crippen molar-refractivity contribution >= 4 is 21.8 Å². The van der Waals surface area contributed by atoms with E-state index in [0.29, 0.717) is 6.04 Å². The van der Waals surface area contributed by atoms with E-state index in [1.54, 1.807) is 0 Å². The van der Waals surface area contributed by atoms with E-state index in [9.17, 15) is 4.79 Å². The molecule has 0 rings (SSSR count). The molecule has 0 heterocycles. The van der Waals surface area contributed by atoms with Gasteiger partial charge in [0.15, 0.2) is 0 Å². The monoisotopic (exact) mass is 249 g/mol. The highest BCUT2D eigenvalue weighted by atomic mass is 79.9. The quantitative estimate of drug-likeness (QED) is 0.687. The molecule has 13 heavy (non-hydrogen) atoms. The van der Waals surface area contributed by atoms with Crippen LogP contribution in [0.15, 0.2) is 0 Å². The van der Waals surface area contributed by atoms with Crippen molar-refractivity contribution in [2.75, 3.05) is 7.05 Å². The Labute approximate surface area is 89.8 Å². The first-order chi connectivity index (χ1) is 6.04. The molecule has 0 N–H and O–H groups in total. The molecule has 0 aromatic heterocycles. The second kappa shape index (κ2) is 6.41. The highest BCUT2D eigenvalue weighted by Gasteiger charge is 2.20. The molecule has 1 amide bonds. The zero-order valence-electron chi connectivity index (χ0n) is 9.01. The van der Waals surface area contributed by atoms with Crippen LogP contribution in [0.2, 0.25) is 0 Å². The van der Waals surface area contributed by atoms with Gasteiger partial charge in [0.25, 0.3) is 0 Å². The molecule has 0 aromatic rings. The lowest BCUT2D eigenvalue weighted by Crippen LogP contribution is -2.39. The summed E-state index contributed by atoms with van der Waals surface area (Å²) in [6, 6.07) is 0.351. The molecule has 78 valence electrons. The van der Waals surface area contributed by atoms with E-state index in [1.807, 2.05) is 18.9 Å². The molecule has 0 aliphatic heterocycles. The standard InChI is InChI=1S/C10H20BrNO/c1-5-7-8(3)12(4)10(13)9(11)6-2/h8-9H,5-7H2,1-4H3. The van der Waals surface area contributed by atoms with E-state index in [-0.39, 0.29) is 10.7 Å². The first-order valence-electron chi connectivity index (χ1n) is 4.95. The van der Waals surface area contributed by atoms with Gasteiger partial charge in [-0.2, -0.15) is 0 Å². The van der Waals surface area contributed by atoms with Crippen LogP contribution in [0.3, 0.4) is 0 Å². The van der Waals surface area contributed by atoms with Crippen molar-refractivity contribution in [1.29, 1.82) is 0 Å². The van der Waals surface area contributed by atoms with Crippen LogP contribution >= 0.6 is 15.9 Å². The van der Waals surface area contributed by atoms with E-state index in [0.717, 1.165) is 19.3 Å². The topological polar surface area (TPSA) is 20.3 Å². The maximum Gasteiger partial charge on any atom is 0.236 e. The molecule has 0 bridgehead atoms. The van der Waals surface area contributed by atoms with E-state index in [1.165, 1.54) is 0 Å². The van der Waals surface area contributed by atoms with E-state index < -0.39 is 0 Å². The van der Waals surface area contributed by atoms with E-state index in [2.05, 4.69) is 29.8 Å². The minimum Gasteiger partial charge on any atom is -0.342 e. The molecular formula is C10H20BrNO. The van der Waals surface area contributed by atoms with Gasteiger partial charge in [0.05, 0.1) is 4.83 Å². The van der Waals surface area contributed by atoms with Crippen molar-refractivity contribution in [1.82, 2.24) is 4.90 Å². The van der Waals surface area contributed by atoms with E-state index in [4.69, 9.17) is 0 Å². The largest absolute Gasteiger partial charge is 0.342 e. The van der Waals surface area contributed by atoms with Crippen molar-refractivity contribution in [3.8, 4) is 0 Å². The molecule has 0 saturated carbocycles. The molecule has 0 fully saturated rings. The number of nitrogens with zero attached hydrogens (tertiary/aromatic N) is 1. The average molecular weight is 250 g/mol. The van der Waals surface area contributed by atoms with Crippen LogP contribution < -0.4 is 0 Å². The Morgan fingerprint density at radius 2 is 2.00 bits per heavy atom. The molecule has 2 unspecified atom stereocenters. The SMILES string of the molecule is CCCC(C)N(C)C(=O)C(Br)CC. The highest BCUT2D eigenvalue weighted by Crippen LogP contribution is 2.12. The van der Waals surface area contributed by atoms with Crippen LogP contribution in [0.5, 0.6) is 0 Å². The zero-order valence-corrected chi connectivity index (χ0v) is 10.6. The molecule has 3 heteroatoms. The minimum atomic E-state index is -0.0168. The Balaban J connectivity index is 4.08. The number of rotatable bonds is 5. The summed E-state index contributed by atoms with van der Waals surface area (Å²) < 4.78 is 0. The van der Waals surface area contributed by atoms with Gasteiger partial charge in [0.1, 0.15) is 0 Å². The van der Waals surface area contributed by atoms with Crippen LogP contribution in [0, 0.1) is 0 Å². The third-order valence-corrected chi connectivity index (χ3v) is 3.38. The Hall–Kier alpha value is -0.0500. The highest BCUT2D eigenvalue weighted by molar-refractivity contribution is 9.10. The van der Waals surface area contributed by atoms with Crippen molar-refractivity contribution in [2.24, 2.45) is 0 Å². The maximum absolute atomic E-state index is 11.7. The van der Waals surface area contributed by atoms with Gasteiger partial charge in [0, 0.05) is 13.1 Å². The van der Waals surface area contributed by atoms with Gasteiger partial charge in [-0.3, -0.25) is 4.79 Å². The smallest absolute Gasteiger partial charge is 0.236 e. The molecular weight excluding hydrogens is 230 g/mol. The van der Waals surface area contributed by atoms with Crippen LogP contribution in [-0.4, -0.2) is 28.7 Å². The second-order valence-electron chi connectivity index (χ2n) is 3.46. The summed E-state index contributed by atoms with van der Waals surface area (Å²) in [5.74, 6) is 0.198. The number of carbonyl (C=O) groups is 1. The lowest BCUT2D eigenvalue weighted by molar-refractivity contribution is -0.131. The Morgan fingerprint density at radius 1 is 1.46 bits per heavy atom. The number of halogens is 1. The lowest BCUT2D eigenvalue weighted by Gasteiger charge is -2.26. The van der Waals surface area contributed by atoms with Crippen LogP contribution in [0.1, 0.15) is 40.0 Å². The summed E-state index contributed by atoms with van der Waals surface area (Å²) in [4.78, 5) is 13.5. The molecule has 2 atom stereocenters. The first-order valence-corrected chi connectivity index (χ1v) is 5.86. The number of hydrogen-bond donors (Lipinski definition) is 0. The van der Waals surface area contributed by atoms with Crippen molar-refractivity contribution in [3.05, 3.63) is 0 Å². The minimum absolute atomic E-state index is 0.0168. The molecule has 2 nitrogen and oxygen atoms in total. The summed E-state index contributed by atoms with van der Waals surface area (Å²) in [6.45, 7) is 6.24. The summed E-state index contributed by atoms with van der Waals surface area (Å²) in [5.41, 5.74) is 0. The summed E-state index contributed by atoms with van der Waals surface area (Å²) in [5, 5.41) is 0. The molecule has 0 spiro atoms.